The Kier molecular flexibility index (Phi) is 3.27. The van der Waals surface area contributed by atoms with Crippen molar-refractivity contribution >= 4 is 17.4 Å². The Hall–Kier alpha value is -2.53. The van der Waals surface area contributed by atoms with Gasteiger partial charge in [0.25, 0.3) is 0 Å². The average molecular weight is 301 g/mol. The summed E-state index contributed by atoms with van der Waals surface area (Å²) in [6.45, 7) is 0. The van der Waals surface area contributed by atoms with Gasteiger partial charge in [0.1, 0.15) is 11.5 Å². The molecule has 0 saturated heterocycles. The zero-order valence-electron chi connectivity index (χ0n) is 11.3. The second-order valence-electron chi connectivity index (χ2n) is 4.67. The summed E-state index contributed by atoms with van der Waals surface area (Å²) in [7, 11) is 1.76. The van der Waals surface area contributed by atoms with Gasteiger partial charge in [-0.1, -0.05) is 29.8 Å². The van der Waals surface area contributed by atoms with Crippen LogP contribution in [0.5, 0.6) is 0 Å². The van der Waals surface area contributed by atoms with E-state index in [9.17, 15) is 4.79 Å². The van der Waals surface area contributed by atoms with Crippen LogP contribution < -0.4 is 11.3 Å². The molecule has 3 rings (SSSR count). The van der Waals surface area contributed by atoms with Crippen LogP contribution in [-0.2, 0) is 7.05 Å². The molecule has 0 aliphatic carbocycles. The second-order valence-corrected chi connectivity index (χ2v) is 5.10. The highest BCUT2D eigenvalue weighted by Crippen LogP contribution is 2.35. The van der Waals surface area contributed by atoms with Gasteiger partial charge in [0.05, 0.1) is 11.3 Å². The highest BCUT2D eigenvalue weighted by atomic mass is 35.5. The van der Waals surface area contributed by atoms with E-state index in [0.717, 1.165) is 11.1 Å². The van der Waals surface area contributed by atoms with E-state index in [1.807, 2.05) is 12.1 Å². The van der Waals surface area contributed by atoms with Crippen LogP contribution in [0.2, 0.25) is 5.02 Å². The number of benzene rings is 1. The van der Waals surface area contributed by atoms with Crippen LogP contribution in [0.1, 0.15) is 0 Å². The molecule has 3 aromatic rings. The number of pyridine rings is 1. The van der Waals surface area contributed by atoms with Crippen LogP contribution in [0.3, 0.4) is 0 Å². The third-order valence-corrected chi connectivity index (χ3v) is 3.50. The lowest BCUT2D eigenvalue weighted by atomic mass is 10.0. The summed E-state index contributed by atoms with van der Waals surface area (Å²) in [4.78, 5) is 14.3. The number of hydrogen-bond acceptors (Lipinski definition) is 3. The van der Waals surface area contributed by atoms with Crippen molar-refractivity contribution < 1.29 is 0 Å². The van der Waals surface area contributed by atoms with Gasteiger partial charge in [-0.3, -0.25) is 9.48 Å². The molecule has 0 bridgehead atoms. The minimum atomic E-state index is -0.182. The fourth-order valence-corrected chi connectivity index (χ4v) is 2.34. The summed E-state index contributed by atoms with van der Waals surface area (Å²) in [5, 5.41) is 5.06. The molecule has 106 valence electrons. The monoisotopic (exact) mass is 300 g/mol. The number of H-pyrrole nitrogens is 1. The standard InChI is InChI=1S/C15H13ClN4O/c1-20-15(17)13(9-5-7-10(16)8-6-9)14(19-20)11-3-2-4-12(21)18-11/h2-8H,17H2,1H3,(H,18,21). The topological polar surface area (TPSA) is 76.7 Å². The van der Waals surface area contributed by atoms with Gasteiger partial charge in [0.15, 0.2) is 0 Å². The molecule has 0 atom stereocenters. The number of aromatic amines is 1. The van der Waals surface area contributed by atoms with E-state index in [4.69, 9.17) is 17.3 Å². The Morgan fingerprint density at radius 2 is 1.90 bits per heavy atom. The molecule has 0 aliphatic rings. The van der Waals surface area contributed by atoms with Gasteiger partial charge >= 0.3 is 0 Å². The van der Waals surface area contributed by atoms with E-state index in [0.29, 0.717) is 22.2 Å². The summed E-state index contributed by atoms with van der Waals surface area (Å²) >= 11 is 5.92. The van der Waals surface area contributed by atoms with E-state index in [1.54, 1.807) is 36.0 Å². The zero-order valence-corrected chi connectivity index (χ0v) is 12.1. The summed E-state index contributed by atoms with van der Waals surface area (Å²) in [6.07, 6.45) is 0. The van der Waals surface area contributed by atoms with Crippen molar-refractivity contribution in [3.05, 3.63) is 57.8 Å². The third-order valence-electron chi connectivity index (χ3n) is 3.25. The molecule has 0 aliphatic heterocycles. The number of hydrogen-bond donors (Lipinski definition) is 2. The minimum absolute atomic E-state index is 0.182. The van der Waals surface area contributed by atoms with Gasteiger partial charge in [-0.05, 0) is 23.8 Å². The van der Waals surface area contributed by atoms with Crippen molar-refractivity contribution in [1.29, 1.82) is 0 Å². The van der Waals surface area contributed by atoms with Crippen molar-refractivity contribution in [2.24, 2.45) is 7.05 Å². The van der Waals surface area contributed by atoms with Gasteiger partial charge in [-0.25, -0.2) is 0 Å². The molecular weight excluding hydrogens is 288 g/mol. The first-order valence-electron chi connectivity index (χ1n) is 6.34. The van der Waals surface area contributed by atoms with Gasteiger partial charge in [0.2, 0.25) is 5.56 Å². The van der Waals surface area contributed by atoms with Gasteiger partial charge in [-0.15, -0.1) is 0 Å². The lowest BCUT2D eigenvalue weighted by molar-refractivity contribution is 0.781. The van der Waals surface area contributed by atoms with Crippen molar-refractivity contribution in [3.63, 3.8) is 0 Å². The number of aromatic nitrogens is 3. The number of nitrogen functional groups attached to an aromatic ring is 1. The number of halogens is 1. The number of nitrogens with one attached hydrogen (secondary N) is 1. The minimum Gasteiger partial charge on any atom is -0.383 e. The van der Waals surface area contributed by atoms with Gasteiger partial charge in [0, 0.05) is 18.1 Å². The van der Waals surface area contributed by atoms with Gasteiger partial charge in [-0.2, -0.15) is 5.10 Å². The smallest absolute Gasteiger partial charge is 0.248 e. The number of nitrogens with zero attached hydrogens (tertiary/aromatic N) is 2. The van der Waals surface area contributed by atoms with Crippen molar-refractivity contribution in [2.75, 3.05) is 5.73 Å². The van der Waals surface area contributed by atoms with Crippen LogP contribution in [0, 0.1) is 0 Å². The van der Waals surface area contributed by atoms with Crippen LogP contribution in [0.4, 0.5) is 5.82 Å². The maximum absolute atomic E-state index is 11.5. The normalized spacial score (nSPS) is 10.8. The van der Waals surface area contributed by atoms with E-state index in [-0.39, 0.29) is 5.56 Å². The Morgan fingerprint density at radius 1 is 1.19 bits per heavy atom. The molecule has 0 radical (unpaired) electrons. The lowest BCUT2D eigenvalue weighted by Crippen LogP contribution is -2.04. The molecule has 21 heavy (non-hydrogen) atoms. The molecule has 3 N–H and O–H groups in total. The SMILES string of the molecule is Cn1nc(-c2cccc(=O)[nH]2)c(-c2ccc(Cl)cc2)c1N. The molecule has 5 nitrogen and oxygen atoms in total. The Labute approximate surface area is 126 Å². The molecule has 0 unspecified atom stereocenters. The van der Waals surface area contributed by atoms with Crippen molar-refractivity contribution in [3.8, 4) is 22.5 Å². The summed E-state index contributed by atoms with van der Waals surface area (Å²) in [5.74, 6) is 0.525. The summed E-state index contributed by atoms with van der Waals surface area (Å²) in [5.41, 5.74) is 8.87. The largest absolute Gasteiger partial charge is 0.383 e. The van der Waals surface area contributed by atoms with E-state index in [2.05, 4.69) is 10.1 Å². The molecule has 2 aromatic heterocycles. The number of rotatable bonds is 2. The molecular formula is C15H13ClN4O. The number of nitrogens with two attached hydrogens (primary N) is 1. The summed E-state index contributed by atoms with van der Waals surface area (Å²) < 4.78 is 1.59. The fourth-order valence-electron chi connectivity index (χ4n) is 2.21. The van der Waals surface area contributed by atoms with Crippen LogP contribution >= 0.6 is 11.6 Å². The van der Waals surface area contributed by atoms with E-state index < -0.39 is 0 Å². The second kappa shape index (κ2) is 5.10. The maximum atomic E-state index is 11.5. The first-order valence-corrected chi connectivity index (χ1v) is 6.72. The molecule has 2 heterocycles. The van der Waals surface area contributed by atoms with Crippen molar-refractivity contribution in [2.45, 2.75) is 0 Å². The average Bonchev–Trinajstić information content (AvgIpc) is 2.76. The Bertz CT molecular complexity index is 849. The molecule has 0 saturated carbocycles. The number of anilines is 1. The molecule has 0 amide bonds. The quantitative estimate of drug-likeness (QED) is 0.764. The first kappa shape index (κ1) is 13.5. The predicted molar refractivity (Wildman–Crippen MR) is 84.1 cm³/mol. The fraction of sp³-hybridized carbons (Fsp3) is 0.0667. The molecule has 1 aromatic carbocycles. The zero-order chi connectivity index (χ0) is 15.0. The predicted octanol–water partition coefficient (Wildman–Crippen LogP) is 2.68. The number of aryl methyl sites for hydroxylation is 1. The van der Waals surface area contributed by atoms with Crippen molar-refractivity contribution in [1.82, 2.24) is 14.8 Å². The first-order chi connectivity index (χ1) is 10.1. The molecule has 0 spiro atoms. The van der Waals surface area contributed by atoms with Crippen LogP contribution in [-0.4, -0.2) is 14.8 Å². The highest BCUT2D eigenvalue weighted by molar-refractivity contribution is 6.30. The Balaban J connectivity index is 2.25. The van der Waals surface area contributed by atoms with Crippen LogP contribution in [0.25, 0.3) is 22.5 Å². The van der Waals surface area contributed by atoms with Crippen LogP contribution in [0.15, 0.2) is 47.3 Å². The van der Waals surface area contributed by atoms with E-state index >= 15 is 0 Å². The summed E-state index contributed by atoms with van der Waals surface area (Å²) in [6, 6.07) is 12.3. The van der Waals surface area contributed by atoms with E-state index in [1.165, 1.54) is 6.07 Å². The Morgan fingerprint density at radius 3 is 2.57 bits per heavy atom. The van der Waals surface area contributed by atoms with Gasteiger partial charge < -0.3 is 10.7 Å². The lowest BCUT2D eigenvalue weighted by Gasteiger charge is -2.04. The third kappa shape index (κ3) is 2.43. The molecule has 0 fully saturated rings. The molecule has 6 heteroatoms. The highest BCUT2D eigenvalue weighted by Gasteiger charge is 2.17. The maximum Gasteiger partial charge on any atom is 0.248 e.